The Labute approximate surface area is 287 Å². The fraction of sp³-hybridized carbons (Fsp3) is 0. The zero-order valence-corrected chi connectivity index (χ0v) is 26.8. The summed E-state index contributed by atoms with van der Waals surface area (Å²) in [6.45, 7) is 0. The van der Waals surface area contributed by atoms with Gasteiger partial charge in [-0.25, -0.2) is 9.97 Å². The largest absolute Gasteiger partial charge is 0.309 e. The first-order valence-corrected chi connectivity index (χ1v) is 16.6. The number of fused-ring (bicyclic) bond motifs is 6. The summed E-state index contributed by atoms with van der Waals surface area (Å²) < 4.78 is 4.45. The Morgan fingerprint density at radius 3 is 1.56 bits per heavy atom. The molecule has 0 aliphatic carbocycles. The summed E-state index contributed by atoms with van der Waals surface area (Å²) in [6, 6.07) is 50.7. The van der Waals surface area contributed by atoms with Gasteiger partial charge in [0, 0.05) is 56.9 Å². The Balaban J connectivity index is 1.17. The molecular weight excluding hydrogens is 613 g/mol. The molecule has 5 aromatic carbocycles. The predicted octanol–water partition coefficient (Wildman–Crippen LogP) is 10.5. The molecule has 234 valence electrons. The first-order valence-electron chi connectivity index (χ1n) is 16.6. The van der Waals surface area contributed by atoms with Crippen LogP contribution in [0.1, 0.15) is 0 Å². The Morgan fingerprint density at radius 1 is 0.360 bits per heavy atom. The van der Waals surface area contributed by atoms with Crippen LogP contribution in [-0.4, -0.2) is 29.1 Å². The summed E-state index contributed by atoms with van der Waals surface area (Å²) in [4.78, 5) is 19.4. The molecule has 0 bridgehead atoms. The van der Waals surface area contributed by atoms with E-state index in [-0.39, 0.29) is 0 Å². The van der Waals surface area contributed by atoms with E-state index in [1.54, 1.807) is 0 Å². The standard InChI is InChI=1S/C44H28N6/c1-4-10-29(11-5-1)38-26-39(30-12-6-2-7-13-30)48-44(47-38)50-41-19-17-31(24-35(41)34-20-22-46-28-43(34)50)32-16-18-40-36(25-32)37-27-45-23-21-42(37)49(40)33-14-8-3-9-15-33/h1-28H. The van der Waals surface area contributed by atoms with Crippen LogP contribution in [-0.2, 0) is 0 Å². The quantitative estimate of drug-likeness (QED) is 0.188. The third-order valence-electron chi connectivity index (χ3n) is 9.54. The lowest BCUT2D eigenvalue weighted by atomic mass is 10.0. The molecule has 5 aromatic heterocycles. The van der Waals surface area contributed by atoms with Crippen molar-refractivity contribution in [3.8, 4) is 45.3 Å². The second-order valence-corrected chi connectivity index (χ2v) is 12.4. The number of nitrogens with zero attached hydrogens (tertiary/aromatic N) is 6. The molecule has 0 saturated carbocycles. The molecule has 0 radical (unpaired) electrons. The second kappa shape index (κ2) is 11.4. The smallest absolute Gasteiger partial charge is 0.235 e. The average Bonchev–Trinajstić information content (AvgIpc) is 3.71. The van der Waals surface area contributed by atoms with Crippen LogP contribution in [0.3, 0.4) is 0 Å². The lowest BCUT2D eigenvalue weighted by molar-refractivity contribution is 0.993. The number of para-hydroxylation sites is 1. The molecule has 0 N–H and O–H groups in total. The molecule has 6 nitrogen and oxygen atoms in total. The summed E-state index contributed by atoms with van der Waals surface area (Å²) in [5.74, 6) is 0.605. The van der Waals surface area contributed by atoms with E-state index in [9.17, 15) is 0 Å². The fourth-order valence-electron chi connectivity index (χ4n) is 7.21. The molecule has 0 atom stereocenters. The molecule has 0 fully saturated rings. The minimum Gasteiger partial charge on any atom is -0.309 e. The van der Waals surface area contributed by atoms with E-state index in [0.717, 1.165) is 77.6 Å². The zero-order valence-electron chi connectivity index (χ0n) is 26.8. The molecular formula is C44H28N6. The van der Waals surface area contributed by atoms with E-state index in [2.05, 4.69) is 128 Å². The van der Waals surface area contributed by atoms with Crippen LogP contribution in [0.4, 0.5) is 0 Å². The monoisotopic (exact) mass is 640 g/mol. The zero-order chi connectivity index (χ0) is 33.0. The molecule has 0 aliphatic rings. The van der Waals surface area contributed by atoms with Crippen molar-refractivity contribution in [3.05, 3.63) is 170 Å². The van der Waals surface area contributed by atoms with Gasteiger partial charge < -0.3 is 4.57 Å². The normalized spacial score (nSPS) is 11.6. The van der Waals surface area contributed by atoms with Gasteiger partial charge in [0.25, 0.3) is 0 Å². The number of pyridine rings is 2. The lowest BCUT2D eigenvalue weighted by Gasteiger charge is -2.12. The fourth-order valence-corrected chi connectivity index (χ4v) is 7.21. The van der Waals surface area contributed by atoms with Crippen LogP contribution in [0.15, 0.2) is 170 Å². The van der Waals surface area contributed by atoms with Gasteiger partial charge in [-0.3, -0.25) is 14.5 Å². The summed E-state index contributed by atoms with van der Waals surface area (Å²) in [6.07, 6.45) is 7.60. The van der Waals surface area contributed by atoms with Gasteiger partial charge in [-0.2, -0.15) is 0 Å². The minimum atomic E-state index is 0.605. The number of hydrogen-bond donors (Lipinski definition) is 0. The lowest BCUT2D eigenvalue weighted by Crippen LogP contribution is -2.04. The summed E-state index contributed by atoms with van der Waals surface area (Å²) in [7, 11) is 0. The summed E-state index contributed by atoms with van der Waals surface area (Å²) >= 11 is 0. The maximum Gasteiger partial charge on any atom is 0.235 e. The third kappa shape index (κ3) is 4.50. The molecule has 0 saturated heterocycles. The average molecular weight is 641 g/mol. The van der Waals surface area contributed by atoms with Crippen molar-refractivity contribution < 1.29 is 0 Å². The maximum atomic E-state index is 5.16. The van der Waals surface area contributed by atoms with E-state index < -0.39 is 0 Å². The molecule has 6 heteroatoms. The highest BCUT2D eigenvalue weighted by Gasteiger charge is 2.19. The molecule has 0 aliphatic heterocycles. The number of hydrogen-bond acceptors (Lipinski definition) is 4. The molecule has 0 spiro atoms. The summed E-state index contributed by atoms with van der Waals surface area (Å²) in [5.41, 5.74) is 11.5. The van der Waals surface area contributed by atoms with Crippen LogP contribution in [0, 0.1) is 0 Å². The Bertz CT molecular complexity index is 2800. The van der Waals surface area contributed by atoms with Gasteiger partial charge >= 0.3 is 0 Å². The minimum absolute atomic E-state index is 0.605. The van der Waals surface area contributed by atoms with Gasteiger partial charge in [-0.1, -0.05) is 91.0 Å². The number of benzene rings is 5. The summed E-state index contributed by atoms with van der Waals surface area (Å²) in [5, 5.41) is 4.50. The van der Waals surface area contributed by atoms with Crippen molar-refractivity contribution in [2.75, 3.05) is 0 Å². The SMILES string of the molecule is c1ccc(-c2cc(-c3ccccc3)nc(-n3c4ccc(-c5ccc6c(c5)c5cnccc5n6-c5ccccc5)cc4c4ccncc43)n2)cc1. The van der Waals surface area contributed by atoms with Gasteiger partial charge in [0.05, 0.1) is 39.7 Å². The van der Waals surface area contributed by atoms with Gasteiger partial charge in [-0.05, 0) is 65.7 Å². The van der Waals surface area contributed by atoms with Crippen molar-refractivity contribution in [1.82, 2.24) is 29.1 Å². The predicted molar refractivity (Wildman–Crippen MR) is 203 cm³/mol. The molecule has 10 rings (SSSR count). The first kappa shape index (κ1) is 28.1. The van der Waals surface area contributed by atoms with E-state index in [1.807, 2.05) is 61.2 Å². The first-order chi connectivity index (χ1) is 24.8. The van der Waals surface area contributed by atoms with Crippen LogP contribution in [0.5, 0.6) is 0 Å². The Hall–Kier alpha value is -6.92. The third-order valence-corrected chi connectivity index (χ3v) is 9.54. The van der Waals surface area contributed by atoms with Crippen LogP contribution in [0.25, 0.3) is 88.9 Å². The van der Waals surface area contributed by atoms with Crippen molar-refractivity contribution in [1.29, 1.82) is 0 Å². The van der Waals surface area contributed by atoms with Crippen molar-refractivity contribution in [3.63, 3.8) is 0 Å². The number of rotatable bonds is 5. The van der Waals surface area contributed by atoms with Crippen molar-refractivity contribution in [2.45, 2.75) is 0 Å². The van der Waals surface area contributed by atoms with Gasteiger partial charge in [0.15, 0.2) is 0 Å². The van der Waals surface area contributed by atoms with E-state index >= 15 is 0 Å². The van der Waals surface area contributed by atoms with E-state index in [4.69, 9.17) is 9.97 Å². The topological polar surface area (TPSA) is 61.4 Å². The van der Waals surface area contributed by atoms with Crippen LogP contribution < -0.4 is 0 Å². The maximum absolute atomic E-state index is 5.16. The van der Waals surface area contributed by atoms with Crippen molar-refractivity contribution in [2.24, 2.45) is 0 Å². The van der Waals surface area contributed by atoms with E-state index in [0.29, 0.717) is 5.95 Å². The second-order valence-electron chi connectivity index (χ2n) is 12.4. The van der Waals surface area contributed by atoms with Crippen LogP contribution >= 0.6 is 0 Å². The molecule has 5 heterocycles. The highest BCUT2D eigenvalue weighted by molar-refractivity contribution is 6.12. The van der Waals surface area contributed by atoms with Crippen LogP contribution in [0.2, 0.25) is 0 Å². The molecule has 0 amide bonds. The van der Waals surface area contributed by atoms with Gasteiger partial charge in [0.1, 0.15) is 0 Å². The van der Waals surface area contributed by atoms with Gasteiger partial charge in [0.2, 0.25) is 5.95 Å². The Kier molecular flexibility index (Phi) is 6.39. The molecule has 50 heavy (non-hydrogen) atoms. The van der Waals surface area contributed by atoms with Crippen molar-refractivity contribution >= 4 is 43.6 Å². The number of aromatic nitrogens is 6. The molecule has 10 aromatic rings. The highest BCUT2D eigenvalue weighted by Crippen LogP contribution is 2.38. The Morgan fingerprint density at radius 2 is 0.900 bits per heavy atom. The van der Waals surface area contributed by atoms with E-state index in [1.165, 1.54) is 5.39 Å². The van der Waals surface area contributed by atoms with Gasteiger partial charge in [-0.15, -0.1) is 0 Å². The molecule has 0 unspecified atom stereocenters. The highest BCUT2D eigenvalue weighted by atomic mass is 15.2.